The molecule has 0 saturated carbocycles. The van der Waals surface area contributed by atoms with Crippen LogP contribution in [-0.2, 0) is 7.05 Å². The Bertz CT molecular complexity index is 616. The number of hydrogen-bond acceptors (Lipinski definition) is 2. The molecule has 1 aromatic carbocycles. The second kappa shape index (κ2) is 4.96. The average molecular weight is 324 g/mol. The third-order valence-electron chi connectivity index (χ3n) is 3.40. The highest BCUT2D eigenvalue weighted by atomic mass is 79.9. The Morgan fingerprint density at radius 3 is 2.68 bits per heavy atom. The Kier molecular flexibility index (Phi) is 3.67. The molecule has 1 heterocycles. The van der Waals surface area contributed by atoms with Crippen molar-refractivity contribution in [2.24, 2.45) is 7.05 Å². The molecule has 0 saturated heterocycles. The molecule has 0 aliphatic rings. The lowest BCUT2D eigenvalue weighted by molar-refractivity contribution is 0.0909. The first-order valence-corrected chi connectivity index (χ1v) is 7.13. The van der Waals surface area contributed by atoms with Gasteiger partial charge in [0.25, 0.3) is 5.91 Å². The van der Waals surface area contributed by atoms with E-state index < -0.39 is 0 Å². The summed E-state index contributed by atoms with van der Waals surface area (Å²) in [6.45, 7) is 5.97. The Labute approximate surface area is 121 Å². The molecule has 5 heteroatoms. The molecule has 2 aromatic rings. The van der Waals surface area contributed by atoms with E-state index in [9.17, 15) is 4.79 Å². The average Bonchev–Trinajstić information content (AvgIpc) is 2.67. The predicted molar refractivity (Wildman–Crippen MR) is 80.6 cm³/mol. The number of aromatic nitrogens is 2. The highest BCUT2D eigenvalue weighted by molar-refractivity contribution is 9.09. The van der Waals surface area contributed by atoms with E-state index in [4.69, 9.17) is 0 Å². The Hall–Kier alpha value is -1.36. The van der Waals surface area contributed by atoms with Crippen LogP contribution in [0.1, 0.15) is 31.3 Å². The van der Waals surface area contributed by atoms with Crippen molar-refractivity contribution in [3.63, 3.8) is 0 Å². The van der Waals surface area contributed by atoms with E-state index in [0.717, 1.165) is 10.9 Å². The topological polar surface area (TPSA) is 46.9 Å². The van der Waals surface area contributed by atoms with Crippen LogP contribution in [-0.4, -0.2) is 26.1 Å². The molecule has 0 spiro atoms. The second-order valence-electron chi connectivity index (χ2n) is 5.28. The van der Waals surface area contributed by atoms with Gasteiger partial charge in [-0.05, 0) is 19.9 Å². The third-order valence-corrected chi connectivity index (χ3v) is 4.55. The second-order valence-corrected chi connectivity index (χ2v) is 6.65. The third kappa shape index (κ3) is 2.66. The largest absolute Gasteiger partial charge is 0.345 e. The molecule has 1 atom stereocenters. The summed E-state index contributed by atoms with van der Waals surface area (Å²) in [5.74, 6) is -0.145. The van der Waals surface area contributed by atoms with Crippen LogP contribution in [0.25, 0.3) is 10.9 Å². The number of aryl methyl sites for hydroxylation is 1. The zero-order valence-electron chi connectivity index (χ0n) is 11.6. The van der Waals surface area contributed by atoms with E-state index in [1.165, 1.54) is 0 Å². The van der Waals surface area contributed by atoms with Crippen LogP contribution in [0.3, 0.4) is 0 Å². The molecule has 0 radical (unpaired) electrons. The zero-order valence-corrected chi connectivity index (χ0v) is 13.2. The minimum absolute atomic E-state index is 0.145. The van der Waals surface area contributed by atoms with Crippen LogP contribution in [0.4, 0.5) is 0 Å². The molecule has 0 bridgehead atoms. The van der Waals surface area contributed by atoms with Gasteiger partial charge in [-0.3, -0.25) is 9.48 Å². The normalized spacial score (nSPS) is 13.5. The van der Waals surface area contributed by atoms with Gasteiger partial charge < -0.3 is 5.32 Å². The van der Waals surface area contributed by atoms with Crippen molar-refractivity contribution in [1.82, 2.24) is 15.1 Å². The summed E-state index contributed by atoms with van der Waals surface area (Å²) in [6.07, 6.45) is 0. The fourth-order valence-corrected chi connectivity index (χ4v) is 1.95. The SMILES string of the molecule is CC(Br)C(C)(C)NC(=O)c1nn(C)c2ccccc12. The number of hydrogen-bond donors (Lipinski definition) is 1. The first-order valence-electron chi connectivity index (χ1n) is 6.21. The maximum atomic E-state index is 12.4. The number of para-hydroxylation sites is 1. The van der Waals surface area contributed by atoms with Gasteiger partial charge in [0.2, 0.25) is 0 Å². The minimum atomic E-state index is -0.338. The van der Waals surface area contributed by atoms with Gasteiger partial charge in [-0.15, -0.1) is 0 Å². The molecule has 4 nitrogen and oxygen atoms in total. The van der Waals surface area contributed by atoms with Crippen LogP contribution >= 0.6 is 15.9 Å². The van der Waals surface area contributed by atoms with Gasteiger partial charge >= 0.3 is 0 Å². The van der Waals surface area contributed by atoms with E-state index in [0.29, 0.717) is 5.69 Å². The smallest absolute Gasteiger partial charge is 0.272 e. The first kappa shape index (κ1) is 14.1. The molecule has 1 unspecified atom stereocenters. The van der Waals surface area contributed by atoms with Gasteiger partial charge in [0.05, 0.1) is 5.52 Å². The van der Waals surface area contributed by atoms with Crippen molar-refractivity contribution < 1.29 is 4.79 Å². The van der Waals surface area contributed by atoms with Gasteiger partial charge in [0.1, 0.15) is 0 Å². The van der Waals surface area contributed by atoms with Crippen LogP contribution in [0, 0.1) is 0 Å². The predicted octanol–water partition coefficient (Wildman–Crippen LogP) is 2.87. The Morgan fingerprint density at radius 2 is 2.05 bits per heavy atom. The highest BCUT2D eigenvalue weighted by Crippen LogP contribution is 2.20. The van der Waals surface area contributed by atoms with Crippen molar-refractivity contribution in [2.45, 2.75) is 31.1 Å². The van der Waals surface area contributed by atoms with Crippen molar-refractivity contribution in [1.29, 1.82) is 0 Å². The number of carbonyl (C=O) groups is 1. The summed E-state index contributed by atoms with van der Waals surface area (Å²) in [4.78, 5) is 12.5. The van der Waals surface area contributed by atoms with Gasteiger partial charge in [-0.2, -0.15) is 5.10 Å². The molecule has 0 fully saturated rings. The fraction of sp³-hybridized carbons (Fsp3) is 0.429. The molecule has 1 amide bonds. The van der Waals surface area contributed by atoms with E-state index in [2.05, 4.69) is 26.3 Å². The summed E-state index contributed by atoms with van der Waals surface area (Å²) in [5, 5.41) is 8.21. The molecule has 2 rings (SSSR count). The molecular formula is C14H18BrN3O. The summed E-state index contributed by atoms with van der Waals surface area (Å²) in [6, 6.07) is 7.73. The van der Waals surface area contributed by atoms with Crippen molar-refractivity contribution in [3.05, 3.63) is 30.0 Å². The number of nitrogens with one attached hydrogen (secondary N) is 1. The summed E-state index contributed by atoms with van der Waals surface area (Å²) in [7, 11) is 1.84. The van der Waals surface area contributed by atoms with Crippen molar-refractivity contribution >= 4 is 32.7 Å². The molecule has 1 aromatic heterocycles. The van der Waals surface area contributed by atoms with E-state index >= 15 is 0 Å². The van der Waals surface area contributed by atoms with Crippen LogP contribution in [0.2, 0.25) is 0 Å². The fourth-order valence-electron chi connectivity index (χ4n) is 1.83. The molecule has 19 heavy (non-hydrogen) atoms. The van der Waals surface area contributed by atoms with Crippen molar-refractivity contribution in [3.8, 4) is 0 Å². The number of benzene rings is 1. The molecular weight excluding hydrogens is 306 g/mol. The van der Waals surface area contributed by atoms with Gasteiger partial charge in [0.15, 0.2) is 5.69 Å². The lowest BCUT2D eigenvalue weighted by atomic mass is 10.0. The van der Waals surface area contributed by atoms with Crippen molar-refractivity contribution in [2.75, 3.05) is 0 Å². The summed E-state index contributed by atoms with van der Waals surface area (Å²) in [5.41, 5.74) is 1.09. The quantitative estimate of drug-likeness (QED) is 0.883. The number of halogens is 1. The molecule has 1 N–H and O–H groups in total. The number of rotatable bonds is 3. The van der Waals surface area contributed by atoms with E-state index in [1.807, 2.05) is 52.1 Å². The lowest BCUT2D eigenvalue weighted by Crippen LogP contribution is -2.49. The van der Waals surface area contributed by atoms with Crippen LogP contribution < -0.4 is 5.32 Å². The number of alkyl halides is 1. The van der Waals surface area contributed by atoms with E-state index in [1.54, 1.807) is 4.68 Å². The summed E-state index contributed by atoms with van der Waals surface area (Å²) >= 11 is 3.51. The van der Waals surface area contributed by atoms with E-state index in [-0.39, 0.29) is 16.3 Å². The lowest BCUT2D eigenvalue weighted by Gasteiger charge is -2.28. The number of nitrogens with zero attached hydrogens (tertiary/aromatic N) is 2. The van der Waals surface area contributed by atoms with Crippen LogP contribution in [0.5, 0.6) is 0 Å². The zero-order chi connectivity index (χ0) is 14.2. The van der Waals surface area contributed by atoms with Gasteiger partial charge in [-0.1, -0.05) is 41.1 Å². The Morgan fingerprint density at radius 1 is 1.42 bits per heavy atom. The summed E-state index contributed by atoms with van der Waals surface area (Å²) < 4.78 is 1.73. The maximum absolute atomic E-state index is 12.4. The maximum Gasteiger partial charge on any atom is 0.272 e. The van der Waals surface area contributed by atoms with Crippen LogP contribution in [0.15, 0.2) is 24.3 Å². The Balaban J connectivity index is 2.38. The molecule has 0 aliphatic carbocycles. The molecule has 102 valence electrons. The minimum Gasteiger partial charge on any atom is -0.345 e. The first-order chi connectivity index (χ1) is 8.83. The van der Waals surface area contributed by atoms with Gasteiger partial charge in [-0.25, -0.2) is 0 Å². The number of fused-ring (bicyclic) bond motifs is 1. The monoisotopic (exact) mass is 323 g/mol. The standard InChI is InChI=1S/C14H18BrN3O/c1-9(15)14(2,3)16-13(19)12-10-7-5-6-8-11(10)18(4)17-12/h5-9H,1-4H3,(H,16,19). The molecule has 0 aliphatic heterocycles. The number of carbonyl (C=O) groups excluding carboxylic acids is 1. The van der Waals surface area contributed by atoms with Gasteiger partial charge in [0, 0.05) is 22.8 Å². The highest BCUT2D eigenvalue weighted by Gasteiger charge is 2.28. The number of amides is 1.